The molecule has 3 heterocycles. The molecule has 13 nitrogen and oxygen atoms in total. The highest BCUT2D eigenvalue weighted by Gasteiger charge is 2.27. The third kappa shape index (κ3) is 8.37. The van der Waals surface area contributed by atoms with Gasteiger partial charge in [-0.2, -0.15) is 4.68 Å². The lowest BCUT2D eigenvalue weighted by Gasteiger charge is -2.19. The summed E-state index contributed by atoms with van der Waals surface area (Å²) in [5, 5.41) is 21.4. The molecule has 1 unspecified atom stereocenters. The third-order valence-electron chi connectivity index (χ3n) is 7.40. The predicted octanol–water partition coefficient (Wildman–Crippen LogP) is 4.38. The van der Waals surface area contributed by atoms with Crippen molar-refractivity contribution in [1.29, 1.82) is 0 Å². The molecule has 2 aromatic heterocycles. The highest BCUT2D eigenvalue weighted by atomic mass is 35.5. The molecule has 0 aliphatic carbocycles. The number of carbonyl (C=O) groups is 2. The van der Waals surface area contributed by atoms with Gasteiger partial charge >= 0.3 is 6.09 Å². The van der Waals surface area contributed by atoms with Crippen LogP contribution in [-0.2, 0) is 14.3 Å². The summed E-state index contributed by atoms with van der Waals surface area (Å²) in [6.07, 6.45) is 9.37. The zero-order valence-corrected chi connectivity index (χ0v) is 26.4. The van der Waals surface area contributed by atoms with Gasteiger partial charge in [0.25, 0.3) is 5.69 Å². The topological polar surface area (TPSA) is 145 Å². The van der Waals surface area contributed by atoms with E-state index in [2.05, 4.69) is 31.5 Å². The van der Waals surface area contributed by atoms with Gasteiger partial charge in [-0.05, 0) is 65.2 Å². The normalized spacial score (nSPS) is 14.7. The van der Waals surface area contributed by atoms with Gasteiger partial charge in [-0.3, -0.25) is 14.9 Å². The fourth-order valence-electron chi connectivity index (χ4n) is 5.18. The molecular weight excluding hydrogens is 612 g/mol. The number of fused-ring (bicyclic) bond motifs is 4. The molecule has 0 spiro atoms. The van der Waals surface area contributed by atoms with Gasteiger partial charge in [0, 0.05) is 64.1 Å². The molecule has 4 aromatic rings. The Bertz CT molecular complexity index is 1680. The van der Waals surface area contributed by atoms with Crippen molar-refractivity contribution in [3.63, 3.8) is 0 Å². The van der Waals surface area contributed by atoms with Gasteiger partial charge in [-0.15, -0.1) is 5.10 Å². The Balaban J connectivity index is 1.41. The molecule has 0 saturated carbocycles. The number of tetrazole rings is 1. The Labute approximate surface area is 271 Å². The van der Waals surface area contributed by atoms with Crippen LogP contribution >= 0.6 is 11.6 Å². The van der Waals surface area contributed by atoms with Crippen LogP contribution in [0.2, 0.25) is 5.02 Å². The van der Waals surface area contributed by atoms with Crippen LogP contribution in [0.1, 0.15) is 43.0 Å². The molecule has 46 heavy (non-hydrogen) atoms. The van der Waals surface area contributed by atoms with Crippen molar-refractivity contribution in [1.82, 2.24) is 25.5 Å². The number of anilines is 2. The van der Waals surface area contributed by atoms with Crippen LogP contribution < -0.4 is 25.5 Å². The van der Waals surface area contributed by atoms with E-state index in [-0.39, 0.29) is 18.6 Å². The SMILES string of the molecule is COCCOC(=O)Nc1ccc2c(c1)NCCCCCC(NC(=O)C=Cc1cc(Cl)ccc1-n1cnnn1)c1cc-2cc[n+]1OC. The average molecular weight is 648 g/mol. The van der Waals surface area contributed by atoms with Crippen LogP contribution in [-0.4, -0.2) is 66.2 Å². The van der Waals surface area contributed by atoms with E-state index < -0.39 is 6.09 Å². The van der Waals surface area contributed by atoms with E-state index in [0.29, 0.717) is 35.0 Å². The van der Waals surface area contributed by atoms with Crippen molar-refractivity contribution in [3.05, 3.63) is 83.4 Å². The summed E-state index contributed by atoms with van der Waals surface area (Å²) in [4.78, 5) is 31.3. The lowest BCUT2D eigenvalue weighted by Crippen LogP contribution is -2.47. The number of amides is 2. The molecule has 1 atom stereocenters. The molecule has 1 aliphatic rings. The molecule has 0 fully saturated rings. The van der Waals surface area contributed by atoms with Crippen molar-refractivity contribution in [3.8, 4) is 16.8 Å². The maximum atomic E-state index is 13.4. The van der Waals surface area contributed by atoms with Gasteiger partial charge in [0.1, 0.15) is 26.1 Å². The summed E-state index contributed by atoms with van der Waals surface area (Å²) in [6, 6.07) is 14.6. The maximum absolute atomic E-state index is 13.4. The van der Waals surface area contributed by atoms with Gasteiger partial charge < -0.3 is 20.1 Å². The number of nitrogens with one attached hydrogen (secondary N) is 3. The summed E-state index contributed by atoms with van der Waals surface area (Å²) in [6.45, 7) is 1.22. The first kappa shape index (κ1) is 32.4. The molecule has 1 aliphatic heterocycles. The number of hydrogen-bond donors (Lipinski definition) is 3. The van der Waals surface area contributed by atoms with E-state index in [9.17, 15) is 9.59 Å². The van der Waals surface area contributed by atoms with Crippen LogP contribution in [0, 0.1) is 0 Å². The monoisotopic (exact) mass is 647 g/mol. The van der Waals surface area contributed by atoms with Gasteiger partial charge in [0.2, 0.25) is 12.1 Å². The number of ether oxygens (including phenoxy) is 2. The predicted molar refractivity (Wildman–Crippen MR) is 172 cm³/mol. The minimum absolute atomic E-state index is 0.160. The summed E-state index contributed by atoms with van der Waals surface area (Å²) >= 11 is 6.25. The second-order valence-electron chi connectivity index (χ2n) is 10.5. The highest BCUT2D eigenvalue weighted by Crippen LogP contribution is 2.33. The standard InChI is InChI=1S/C32H35ClN8O5/c1-44-16-17-46-32(43)36-25-9-10-26-22-13-15-41(45-2)30(19-22)27(6-4-3-5-14-34-28(26)20-25)37-31(42)12-7-23-18-24(33)8-11-29(23)40-21-35-38-39-40/h7-13,15,18-21,27H,3-6,14,16-17H2,1-2H3,(H2,34,36,37,42,43)/p+1. The molecule has 0 radical (unpaired) electrons. The Morgan fingerprint density at radius 3 is 2.80 bits per heavy atom. The molecule has 2 bridgehead atoms. The molecular formula is C32H36ClN8O5+. The van der Waals surface area contributed by atoms with Gasteiger partial charge in [-0.1, -0.05) is 30.5 Å². The lowest BCUT2D eigenvalue weighted by molar-refractivity contribution is -0.891. The number of carbonyl (C=O) groups excluding carboxylic acids is 2. The Hall–Kier alpha value is -5.01. The van der Waals surface area contributed by atoms with Crippen molar-refractivity contribution >= 4 is 41.1 Å². The first-order valence-corrected chi connectivity index (χ1v) is 15.3. The fraction of sp³-hybridized carbons (Fsp3) is 0.312. The highest BCUT2D eigenvalue weighted by molar-refractivity contribution is 6.30. The number of pyridine rings is 1. The minimum Gasteiger partial charge on any atom is -0.447 e. The van der Waals surface area contributed by atoms with E-state index in [0.717, 1.165) is 48.3 Å². The smallest absolute Gasteiger partial charge is 0.411 e. The van der Waals surface area contributed by atoms with Gasteiger partial charge in [0.15, 0.2) is 0 Å². The van der Waals surface area contributed by atoms with Gasteiger partial charge in [-0.25, -0.2) is 4.79 Å². The van der Waals surface area contributed by atoms with E-state index in [4.69, 9.17) is 25.9 Å². The Kier molecular flexibility index (Phi) is 11.1. The largest absolute Gasteiger partial charge is 0.447 e. The zero-order valence-electron chi connectivity index (χ0n) is 25.6. The van der Waals surface area contributed by atoms with Crippen molar-refractivity contribution in [2.75, 3.05) is 44.6 Å². The van der Waals surface area contributed by atoms with Crippen LogP contribution in [0.25, 0.3) is 22.9 Å². The Morgan fingerprint density at radius 2 is 2.00 bits per heavy atom. The molecule has 0 saturated heterocycles. The minimum atomic E-state index is -0.553. The van der Waals surface area contributed by atoms with Gasteiger partial charge in [0.05, 0.1) is 12.3 Å². The molecule has 2 amide bonds. The summed E-state index contributed by atoms with van der Waals surface area (Å²) < 4.78 is 13.3. The Morgan fingerprint density at radius 1 is 1.11 bits per heavy atom. The van der Waals surface area contributed by atoms with E-state index in [1.54, 1.807) is 43.2 Å². The molecule has 5 rings (SSSR count). The van der Waals surface area contributed by atoms with E-state index >= 15 is 0 Å². The second kappa shape index (κ2) is 15.8. The number of nitrogens with zero attached hydrogens (tertiary/aromatic N) is 5. The quantitative estimate of drug-likeness (QED) is 0.137. The van der Waals surface area contributed by atoms with E-state index in [1.165, 1.54) is 17.1 Å². The van der Waals surface area contributed by atoms with Crippen molar-refractivity contribution < 1.29 is 28.6 Å². The molecule has 2 aromatic carbocycles. The average Bonchev–Trinajstić information content (AvgIpc) is 3.59. The first-order chi connectivity index (χ1) is 22.4. The summed E-state index contributed by atoms with van der Waals surface area (Å²) in [5.74, 6) is -0.275. The number of aromatic nitrogens is 5. The van der Waals surface area contributed by atoms with Crippen LogP contribution in [0.5, 0.6) is 0 Å². The van der Waals surface area contributed by atoms with E-state index in [1.807, 2.05) is 36.5 Å². The molecule has 240 valence electrons. The number of halogens is 1. The number of benzene rings is 2. The maximum Gasteiger partial charge on any atom is 0.411 e. The van der Waals surface area contributed by atoms with Crippen LogP contribution in [0.3, 0.4) is 0 Å². The number of methoxy groups -OCH3 is 1. The summed E-state index contributed by atoms with van der Waals surface area (Å²) in [5.41, 5.74) is 5.47. The lowest BCUT2D eigenvalue weighted by atomic mass is 9.98. The van der Waals surface area contributed by atoms with Crippen molar-refractivity contribution in [2.45, 2.75) is 31.7 Å². The molecule has 3 N–H and O–H groups in total. The first-order valence-electron chi connectivity index (χ1n) is 14.9. The molecule has 14 heteroatoms. The summed E-state index contributed by atoms with van der Waals surface area (Å²) in [7, 11) is 3.13. The fourth-order valence-corrected chi connectivity index (χ4v) is 5.36. The van der Waals surface area contributed by atoms with Crippen molar-refractivity contribution in [2.24, 2.45) is 0 Å². The number of hydrogen-bond acceptors (Lipinski definition) is 9. The zero-order chi connectivity index (χ0) is 32.3. The van der Waals surface area contributed by atoms with Crippen LogP contribution in [0.4, 0.5) is 16.2 Å². The number of rotatable bonds is 9. The third-order valence-corrected chi connectivity index (χ3v) is 7.63. The second-order valence-corrected chi connectivity index (χ2v) is 10.9. The van der Waals surface area contributed by atoms with Crippen LogP contribution in [0.15, 0.2) is 67.1 Å².